The second-order valence-electron chi connectivity index (χ2n) is 6.04. The van der Waals surface area contributed by atoms with Gasteiger partial charge in [-0.15, -0.1) is 10.2 Å². The Labute approximate surface area is 164 Å². The van der Waals surface area contributed by atoms with Gasteiger partial charge in [0.25, 0.3) is 0 Å². The maximum absolute atomic E-state index is 11.9. The zero-order valence-corrected chi connectivity index (χ0v) is 16.4. The first-order valence-corrected chi connectivity index (χ1v) is 10.2. The van der Waals surface area contributed by atoms with Crippen molar-refractivity contribution in [3.05, 3.63) is 29.8 Å². The Bertz CT molecular complexity index is 837. The van der Waals surface area contributed by atoms with Gasteiger partial charge in [0.15, 0.2) is 4.34 Å². The number of amides is 3. The van der Waals surface area contributed by atoms with E-state index >= 15 is 0 Å². The van der Waals surface area contributed by atoms with Crippen molar-refractivity contribution in [2.75, 3.05) is 24.2 Å². The van der Waals surface area contributed by atoms with Crippen molar-refractivity contribution in [1.82, 2.24) is 20.4 Å². The number of imide groups is 1. The van der Waals surface area contributed by atoms with Gasteiger partial charge in [-0.2, -0.15) is 0 Å². The van der Waals surface area contributed by atoms with Gasteiger partial charge in [0.1, 0.15) is 0 Å². The van der Waals surface area contributed by atoms with Crippen LogP contribution in [-0.2, 0) is 14.4 Å². The van der Waals surface area contributed by atoms with E-state index in [0.29, 0.717) is 22.4 Å². The second-order valence-corrected chi connectivity index (χ2v) is 8.24. The van der Waals surface area contributed by atoms with Gasteiger partial charge in [-0.3, -0.25) is 19.7 Å². The molecule has 0 bridgehead atoms. The summed E-state index contributed by atoms with van der Waals surface area (Å²) in [7, 11) is 0. The third-order valence-corrected chi connectivity index (χ3v) is 5.79. The summed E-state index contributed by atoms with van der Waals surface area (Å²) in [5.74, 6) is -0.872. The highest BCUT2D eigenvalue weighted by molar-refractivity contribution is 8.01. The molecule has 0 radical (unpaired) electrons. The van der Waals surface area contributed by atoms with Crippen molar-refractivity contribution < 1.29 is 14.4 Å². The molecule has 0 saturated carbocycles. The Morgan fingerprint density at radius 3 is 2.70 bits per heavy atom. The van der Waals surface area contributed by atoms with Crippen LogP contribution in [0, 0.1) is 6.92 Å². The lowest BCUT2D eigenvalue weighted by atomic mass is 10.2. The molecule has 142 valence electrons. The number of rotatable bonds is 7. The van der Waals surface area contributed by atoms with Gasteiger partial charge in [-0.25, -0.2) is 0 Å². The predicted octanol–water partition coefficient (Wildman–Crippen LogP) is 1.95. The molecule has 2 N–H and O–H groups in total. The summed E-state index contributed by atoms with van der Waals surface area (Å²) in [6, 6.07) is 7.90. The summed E-state index contributed by atoms with van der Waals surface area (Å²) < 4.78 is 0.627. The van der Waals surface area contributed by atoms with E-state index in [9.17, 15) is 14.4 Å². The molecular weight excluding hydrogens is 386 g/mol. The zero-order valence-electron chi connectivity index (χ0n) is 14.7. The number of hydrogen-bond acceptors (Lipinski definition) is 8. The smallest absolute Gasteiger partial charge is 0.246 e. The lowest BCUT2D eigenvalue weighted by molar-refractivity contribution is -0.135. The molecule has 1 saturated heterocycles. The minimum atomic E-state index is -0.463. The topological polar surface area (TPSA) is 104 Å². The van der Waals surface area contributed by atoms with Crippen LogP contribution in [0.1, 0.15) is 18.4 Å². The fourth-order valence-corrected chi connectivity index (χ4v) is 4.05. The second kappa shape index (κ2) is 8.96. The molecule has 27 heavy (non-hydrogen) atoms. The van der Waals surface area contributed by atoms with Crippen molar-refractivity contribution in [2.45, 2.75) is 24.1 Å². The van der Waals surface area contributed by atoms with Gasteiger partial charge >= 0.3 is 0 Å². The summed E-state index contributed by atoms with van der Waals surface area (Å²) in [4.78, 5) is 36.7. The number of benzene rings is 1. The molecule has 1 aliphatic heterocycles. The standard InChI is InChI=1S/C17H19N5O3S2/c1-11-4-6-12(7-5-11)18-16-20-21-17(27-16)26-10-14(24)19-13(23)9-22-8-2-3-15(22)25/h4-7H,2-3,8-10H2,1H3,(H,18,20)(H,19,23,24). The average molecular weight is 406 g/mol. The third kappa shape index (κ3) is 5.76. The van der Waals surface area contributed by atoms with Crippen LogP contribution in [0.15, 0.2) is 28.6 Å². The Hall–Kier alpha value is -2.46. The van der Waals surface area contributed by atoms with Gasteiger partial charge in [0, 0.05) is 18.7 Å². The number of nitrogens with zero attached hydrogens (tertiary/aromatic N) is 3. The van der Waals surface area contributed by atoms with Crippen LogP contribution >= 0.6 is 23.1 Å². The number of anilines is 2. The van der Waals surface area contributed by atoms with E-state index in [4.69, 9.17) is 0 Å². The van der Waals surface area contributed by atoms with Gasteiger partial charge < -0.3 is 10.2 Å². The average Bonchev–Trinajstić information content (AvgIpc) is 3.24. The molecule has 0 unspecified atom stereocenters. The normalized spacial score (nSPS) is 13.7. The van der Waals surface area contributed by atoms with Crippen molar-refractivity contribution in [3.8, 4) is 0 Å². The van der Waals surface area contributed by atoms with Crippen molar-refractivity contribution in [1.29, 1.82) is 0 Å². The van der Waals surface area contributed by atoms with E-state index < -0.39 is 11.8 Å². The monoisotopic (exact) mass is 405 g/mol. The van der Waals surface area contributed by atoms with Gasteiger partial charge in [0.05, 0.1) is 12.3 Å². The van der Waals surface area contributed by atoms with E-state index in [2.05, 4.69) is 20.8 Å². The Morgan fingerprint density at radius 2 is 2.00 bits per heavy atom. The number of hydrogen-bond donors (Lipinski definition) is 2. The quantitative estimate of drug-likeness (QED) is 0.679. The maximum Gasteiger partial charge on any atom is 0.246 e. The molecule has 0 aliphatic carbocycles. The first kappa shape index (κ1) is 19.3. The molecule has 2 heterocycles. The third-order valence-electron chi connectivity index (χ3n) is 3.82. The van der Waals surface area contributed by atoms with Gasteiger partial charge in [-0.05, 0) is 25.5 Å². The first-order valence-electron chi connectivity index (χ1n) is 8.40. The van der Waals surface area contributed by atoms with Gasteiger partial charge in [0.2, 0.25) is 22.9 Å². The summed E-state index contributed by atoms with van der Waals surface area (Å²) in [6.45, 7) is 2.51. The molecule has 3 amide bonds. The highest BCUT2D eigenvalue weighted by atomic mass is 32.2. The number of likely N-dealkylation sites (tertiary alicyclic amines) is 1. The fraction of sp³-hybridized carbons (Fsp3) is 0.353. The van der Waals surface area contributed by atoms with Crippen LogP contribution in [0.4, 0.5) is 10.8 Å². The number of aryl methyl sites for hydroxylation is 1. The molecule has 1 fully saturated rings. The molecule has 0 atom stereocenters. The molecule has 1 aromatic carbocycles. The maximum atomic E-state index is 11.9. The molecule has 10 heteroatoms. The molecule has 3 rings (SSSR count). The SMILES string of the molecule is Cc1ccc(Nc2nnc(SCC(=O)NC(=O)CN3CCCC3=O)s2)cc1. The number of aromatic nitrogens is 2. The largest absolute Gasteiger partial charge is 0.333 e. The minimum Gasteiger partial charge on any atom is -0.333 e. The molecular formula is C17H19N5O3S2. The van der Waals surface area contributed by atoms with E-state index in [1.807, 2.05) is 31.2 Å². The summed E-state index contributed by atoms with van der Waals surface area (Å²) >= 11 is 2.54. The van der Waals surface area contributed by atoms with E-state index in [1.54, 1.807) is 0 Å². The van der Waals surface area contributed by atoms with Crippen molar-refractivity contribution >= 4 is 51.6 Å². The van der Waals surface area contributed by atoms with Crippen LogP contribution in [0.2, 0.25) is 0 Å². The van der Waals surface area contributed by atoms with Crippen molar-refractivity contribution in [3.63, 3.8) is 0 Å². The predicted molar refractivity (Wildman–Crippen MR) is 104 cm³/mol. The van der Waals surface area contributed by atoms with Crippen LogP contribution in [0.25, 0.3) is 0 Å². The van der Waals surface area contributed by atoms with Crippen LogP contribution in [-0.4, -0.2) is 51.7 Å². The van der Waals surface area contributed by atoms with E-state index in [1.165, 1.54) is 33.6 Å². The molecule has 1 aliphatic rings. The molecule has 8 nitrogen and oxygen atoms in total. The first-order chi connectivity index (χ1) is 13.0. The summed E-state index contributed by atoms with van der Waals surface area (Å²) in [5, 5.41) is 14.2. The Balaban J connectivity index is 1.42. The highest BCUT2D eigenvalue weighted by Gasteiger charge is 2.23. The number of carbonyl (C=O) groups is 3. The van der Waals surface area contributed by atoms with E-state index in [0.717, 1.165) is 12.1 Å². The lowest BCUT2D eigenvalue weighted by Crippen LogP contribution is -2.41. The Morgan fingerprint density at radius 1 is 1.22 bits per heavy atom. The molecule has 2 aromatic rings. The lowest BCUT2D eigenvalue weighted by Gasteiger charge is -2.14. The van der Waals surface area contributed by atoms with Gasteiger partial charge in [-0.1, -0.05) is 40.8 Å². The van der Waals surface area contributed by atoms with Crippen LogP contribution in [0.5, 0.6) is 0 Å². The van der Waals surface area contributed by atoms with Crippen LogP contribution in [0.3, 0.4) is 0 Å². The molecule has 1 aromatic heterocycles. The fourth-order valence-electron chi connectivity index (χ4n) is 2.48. The van der Waals surface area contributed by atoms with Crippen LogP contribution < -0.4 is 10.6 Å². The zero-order chi connectivity index (χ0) is 19.2. The highest BCUT2D eigenvalue weighted by Crippen LogP contribution is 2.27. The minimum absolute atomic E-state index is 0.0468. The van der Waals surface area contributed by atoms with E-state index in [-0.39, 0.29) is 18.2 Å². The Kier molecular flexibility index (Phi) is 6.40. The summed E-state index contributed by atoms with van der Waals surface area (Å²) in [5.41, 5.74) is 2.08. The number of nitrogens with one attached hydrogen (secondary N) is 2. The summed E-state index contributed by atoms with van der Waals surface area (Å²) in [6.07, 6.45) is 1.22. The number of carbonyl (C=O) groups excluding carboxylic acids is 3. The van der Waals surface area contributed by atoms with Crippen molar-refractivity contribution in [2.24, 2.45) is 0 Å². The number of thioether (sulfide) groups is 1. The molecule has 0 spiro atoms.